The molecule has 2 aromatic carbocycles. The zero-order chi connectivity index (χ0) is 26.7. The number of carboxylic acid groups (broad SMARTS) is 1. The molecule has 0 aliphatic carbocycles. The molecule has 0 atom stereocenters. The van der Waals surface area contributed by atoms with E-state index in [0.717, 1.165) is 35.8 Å². The molecule has 2 aromatic heterocycles. The minimum atomic E-state index is -1.46. The first-order chi connectivity index (χ1) is 17.7. The highest BCUT2D eigenvalue weighted by Gasteiger charge is 2.25. The van der Waals surface area contributed by atoms with Gasteiger partial charge < -0.3 is 30.0 Å². The van der Waals surface area contributed by atoms with Crippen LogP contribution in [0.1, 0.15) is 25.6 Å². The van der Waals surface area contributed by atoms with E-state index in [1.54, 1.807) is 0 Å². The van der Waals surface area contributed by atoms with E-state index in [2.05, 4.69) is 20.4 Å². The number of thiophene rings is 1. The number of amides is 2. The van der Waals surface area contributed by atoms with Crippen molar-refractivity contribution in [2.24, 2.45) is 0 Å². The van der Waals surface area contributed by atoms with Crippen LogP contribution in [0.4, 0.5) is 25.0 Å². The number of hydrogen-bond donors (Lipinski definition) is 3. The van der Waals surface area contributed by atoms with E-state index in [-0.39, 0.29) is 34.4 Å². The van der Waals surface area contributed by atoms with Gasteiger partial charge in [0.25, 0.3) is 0 Å². The van der Waals surface area contributed by atoms with E-state index in [1.807, 2.05) is 0 Å². The highest BCUT2D eigenvalue weighted by atomic mass is 32.1. The van der Waals surface area contributed by atoms with Gasteiger partial charge in [-0.3, -0.25) is 0 Å². The van der Waals surface area contributed by atoms with Crippen LogP contribution in [0.15, 0.2) is 35.2 Å². The van der Waals surface area contributed by atoms with E-state index < -0.39 is 35.2 Å². The Morgan fingerprint density at radius 3 is 2.49 bits per heavy atom. The number of methoxy groups -OCH3 is 2. The third kappa shape index (κ3) is 5.29. The van der Waals surface area contributed by atoms with E-state index in [0.29, 0.717) is 15.8 Å². The maximum atomic E-state index is 14.7. The number of carboxylic acids is 1. The standard InChI is InChI=1S/C23H17F2N3O7S2/c1-33-15-5-12(25)13(6-16(15)35-7-10-3-4-11(24)19-18(10)26-9-37-19)27-23(32)28-14-8-36-20(22(31)34-2)17(14)21(29)30/h3-6,8-9H,7H2,1-2H3,(H,29,30)(H2,27,28,32). The normalized spacial score (nSPS) is 10.7. The molecule has 0 saturated carbocycles. The maximum absolute atomic E-state index is 14.7. The topological polar surface area (TPSA) is 136 Å². The van der Waals surface area contributed by atoms with E-state index >= 15 is 0 Å². The summed E-state index contributed by atoms with van der Waals surface area (Å²) in [5.41, 5.74) is 1.58. The Labute approximate surface area is 215 Å². The lowest BCUT2D eigenvalue weighted by Gasteiger charge is -2.14. The molecular weight excluding hydrogens is 532 g/mol. The lowest BCUT2D eigenvalue weighted by molar-refractivity contribution is 0.0589. The van der Waals surface area contributed by atoms with Crippen molar-refractivity contribution in [2.75, 3.05) is 24.9 Å². The Hall–Kier alpha value is -4.30. The first-order valence-electron chi connectivity index (χ1n) is 10.3. The Morgan fingerprint density at radius 2 is 1.78 bits per heavy atom. The highest BCUT2D eigenvalue weighted by molar-refractivity contribution is 7.16. The second-order valence-corrected chi connectivity index (χ2v) is 8.97. The number of fused-ring (bicyclic) bond motifs is 1. The van der Waals surface area contributed by atoms with Gasteiger partial charge in [-0.05, 0) is 6.07 Å². The lowest BCUT2D eigenvalue weighted by atomic mass is 10.2. The number of anilines is 2. The maximum Gasteiger partial charge on any atom is 0.349 e. The minimum absolute atomic E-state index is 0.0359. The van der Waals surface area contributed by atoms with Crippen molar-refractivity contribution in [1.82, 2.24) is 4.98 Å². The number of esters is 1. The van der Waals surface area contributed by atoms with Crippen molar-refractivity contribution >= 4 is 62.2 Å². The van der Waals surface area contributed by atoms with Gasteiger partial charge >= 0.3 is 18.0 Å². The van der Waals surface area contributed by atoms with Crippen molar-refractivity contribution in [2.45, 2.75) is 6.61 Å². The summed E-state index contributed by atoms with van der Waals surface area (Å²) in [6.45, 7) is -0.0542. The van der Waals surface area contributed by atoms with Gasteiger partial charge in [-0.1, -0.05) is 6.07 Å². The monoisotopic (exact) mass is 549 g/mol. The van der Waals surface area contributed by atoms with Crippen molar-refractivity contribution in [1.29, 1.82) is 0 Å². The fraction of sp³-hybridized carbons (Fsp3) is 0.130. The number of carbonyl (C=O) groups is 3. The van der Waals surface area contributed by atoms with Gasteiger partial charge in [0.1, 0.15) is 22.9 Å². The Kier molecular flexibility index (Phi) is 7.50. The summed E-state index contributed by atoms with van der Waals surface area (Å²) in [5, 5.41) is 15.3. The predicted molar refractivity (Wildman–Crippen MR) is 132 cm³/mol. The van der Waals surface area contributed by atoms with Crippen LogP contribution in [0, 0.1) is 11.6 Å². The van der Waals surface area contributed by atoms with E-state index in [4.69, 9.17) is 9.47 Å². The molecule has 2 heterocycles. The Morgan fingerprint density at radius 1 is 1.03 bits per heavy atom. The zero-order valence-corrected chi connectivity index (χ0v) is 20.7. The van der Waals surface area contributed by atoms with Crippen molar-refractivity contribution in [3.05, 3.63) is 62.8 Å². The van der Waals surface area contributed by atoms with E-state index in [1.165, 1.54) is 36.2 Å². The fourth-order valence-corrected chi connectivity index (χ4v) is 4.98. The van der Waals surface area contributed by atoms with Crippen LogP contribution in [-0.2, 0) is 11.3 Å². The second-order valence-electron chi connectivity index (χ2n) is 7.24. The molecule has 0 aliphatic heterocycles. The number of ether oxygens (including phenoxy) is 3. The molecule has 4 aromatic rings. The third-order valence-electron chi connectivity index (χ3n) is 5.03. The fourth-order valence-electron chi connectivity index (χ4n) is 3.33. The highest BCUT2D eigenvalue weighted by Crippen LogP contribution is 2.35. The average molecular weight is 550 g/mol. The van der Waals surface area contributed by atoms with Gasteiger partial charge in [-0.25, -0.2) is 28.1 Å². The molecule has 0 radical (unpaired) electrons. The molecule has 14 heteroatoms. The summed E-state index contributed by atoms with van der Waals surface area (Å²) in [4.78, 5) is 39.9. The number of hydrogen-bond acceptors (Lipinski definition) is 9. The number of nitrogens with one attached hydrogen (secondary N) is 2. The smallest absolute Gasteiger partial charge is 0.349 e. The number of benzene rings is 2. The van der Waals surface area contributed by atoms with Crippen LogP contribution in [-0.4, -0.2) is 42.3 Å². The number of thiazole rings is 1. The van der Waals surface area contributed by atoms with Crippen LogP contribution in [0.3, 0.4) is 0 Å². The van der Waals surface area contributed by atoms with Crippen molar-refractivity contribution < 1.29 is 42.5 Å². The summed E-state index contributed by atoms with van der Waals surface area (Å²) in [7, 11) is 2.40. The molecule has 37 heavy (non-hydrogen) atoms. The molecule has 2 amide bonds. The number of carbonyl (C=O) groups excluding carboxylic acids is 2. The number of rotatable bonds is 8. The van der Waals surface area contributed by atoms with E-state index in [9.17, 15) is 28.3 Å². The van der Waals surface area contributed by atoms with Crippen LogP contribution in [0.25, 0.3) is 10.2 Å². The summed E-state index contributed by atoms with van der Waals surface area (Å²) in [6, 6.07) is 4.01. The number of halogens is 2. The van der Waals surface area contributed by atoms with Gasteiger partial charge in [0.2, 0.25) is 0 Å². The molecule has 0 bridgehead atoms. The molecule has 10 nitrogen and oxygen atoms in total. The molecular formula is C23H17F2N3O7S2. The zero-order valence-electron chi connectivity index (χ0n) is 19.1. The third-order valence-corrected chi connectivity index (χ3v) is 6.82. The molecule has 0 aliphatic rings. The van der Waals surface area contributed by atoms with Gasteiger partial charge in [0.15, 0.2) is 17.3 Å². The molecule has 0 spiro atoms. The van der Waals surface area contributed by atoms with Crippen LogP contribution < -0.4 is 20.1 Å². The summed E-state index contributed by atoms with van der Waals surface area (Å²) in [6.07, 6.45) is 0. The van der Waals surface area contributed by atoms with Crippen LogP contribution in [0.2, 0.25) is 0 Å². The Bertz CT molecular complexity index is 1520. The van der Waals surface area contributed by atoms with Crippen LogP contribution in [0.5, 0.6) is 11.5 Å². The largest absolute Gasteiger partial charge is 0.493 e. The lowest BCUT2D eigenvalue weighted by Crippen LogP contribution is -2.21. The van der Waals surface area contributed by atoms with Gasteiger partial charge in [0, 0.05) is 23.1 Å². The minimum Gasteiger partial charge on any atom is -0.493 e. The van der Waals surface area contributed by atoms with Gasteiger partial charge in [-0.2, -0.15) is 0 Å². The quantitative estimate of drug-likeness (QED) is 0.250. The number of urea groups is 1. The SMILES string of the molecule is COC(=O)c1scc(NC(=O)Nc2cc(OCc3ccc(F)c4scnc34)c(OC)cc2F)c1C(=O)O. The molecule has 0 fully saturated rings. The van der Waals surface area contributed by atoms with Crippen LogP contribution >= 0.6 is 22.7 Å². The first kappa shape index (κ1) is 25.8. The molecule has 0 unspecified atom stereocenters. The number of aromatic nitrogens is 1. The number of aromatic carboxylic acids is 1. The molecule has 3 N–H and O–H groups in total. The Balaban J connectivity index is 1.54. The van der Waals surface area contributed by atoms with Crippen molar-refractivity contribution in [3.63, 3.8) is 0 Å². The van der Waals surface area contributed by atoms with Gasteiger partial charge in [0.05, 0.1) is 41.3 Å². The predicted octanol–water partition coefficient (Wildman–Crippen LogP) is 5.35. The summed E-state index contributed by atoms with van der Waals surface area (Å²) in [5.74, 6) is -3.50. The molecule has 4 rings (SSSR count). The first-order valence-corrected chi connectivity index (χ1v) is 12.0. The molecule has 192 valence electrons. The number of nitrogens with zero attached hydrogens (tertiary/aromatic N) is 1. The van der Waals surface area contributed by atoms with Gasteiger partial charge in [-0.15, -0.1) is 22.7 Å². The second kappa shape index (κ2) is 10.8. The average Bonchev–Trinajstić information content (AvgIpc) is 3.53. The summed E-state index contributed by atoms with van der Waals surface area (Å²) < 4.78 is 44.5. The molecule has 0 saturated heterocycles. The van der Waals surface area contributed by atoms with Crippen molar-refractivity contribution in [3.8, 4) is 11.5 Å². The summed E-state index contributed by atoms with van der Waals surface area (Å²) >= 11 is 1.91.